The fraction of sp³-hybridized carbons (Fsp3) is 0.688. The van der Waals surface area contributed by atoms with Gasteiger partial charge in [-0.05, 0) is 78.3 Å². The third-order valence-corrected chi connectivity index (χ3v) is 9.31. The van der Waals surface area contributed by atoms with Crippen LogP contribution in [0.2, 0.25) is 0 Å². The Hall–Kier alpha value is -2.10. The summed E-state index contributed by atoms with van der Waals surface area (Å²) in [5.41, 5.74) is 3.72. The zero-order valence-corrected chi connectivity index (χ0v) is 23.6. The predicted molar refractivity (Wildman–Crippen MR) is 146 cm³/mol. The van der Waals surface area contributed by atoms with Crippen molar-refractivity contribution < 1.29 is 19.1 Å². The molecular weight excluding hydrogens is 448 g/mol. The average Bonchev–Trinajstić information content (AvgIpc) is 3.15. The number of carbonyl (C=O) groups is 2. The van der Waals surface area contributed by atoms with E-state index in [9.17, 15) is 9.59 Å². The van der Waals surface area contributed by atoms with E-state index < -0.39 is 6.10 Å². The van der Waals surface area contributed by atoms with E-state index in [1.54, 1.807) is 0 Å². The Labute approximate surface area is 219 Å². The molecule has 0 radical (unpaired) electrons. The first-order valence-corrected chi connectivity index (χ1v) is 14.0. The second-order valence-corrected chi connectivity index (χ2v) is 12.2. The lowest BCUT2D eigenvalue weighted by Gasteiger charge is -2.44. The SMILES string of the molecule is C=C1/C(=C\C=C2/CCC[C@]3(C)[C@@H]([C@H](C)/C=C/[C@H](C)C(C)C)CC[C@@H]23)C[C@H](OC(C)=O)C[C@@H]1OC(C)=O. The van der Waals surface area contributed by atoms with Gasteiger partial charge in [0.2, 0.25) is 0 Å². The first-order chi connectivity index (χ1) is 16.9. The zero-order chi connectivity index (χ0) is 26.6. The molecule has 3 aliphatic carbocycles. The first kappa shape index (κ1) is 28.5. The molecule has 0 saturated heterocycles. The van der Waals surface area contributed by atoms with Crippen LogP contribution in [0.15, 0.2) is 47.6 Å². The number of rotatable bonds is 7. The van der Waals surface area contributed by atoms with Gasteiger partial charge in [-0.25, -0.2) is 0 Å². The van der Waals surface area contributed by atoms with Crippen molar-refractivity contribution >= 4 is 11.9 Å². The lowest BCUT2D eigenvalue weighted by molar-refractivity contribution is -0.152. The fourth-order valence-electron chi connectivity index (χ4n) is 6.92. The Kier molecular flexibility index (Phi) is 9.46. The van der Waals surface area contributed by atoms with E-state index in [1.165, 1.54) is 45.1 Å². The summed E-state index contributed by atoms with van der Waals surface area (Å²) in [5.74, 6) is 2.55. The van der Waals surface area contributed by atoms with Crippen molar-refractivity contribution in [1.29, 1.82) is 0 Å². The minimum Gasteiger partial charge on any atom is -0.462 e. The van der Waals surface area contributed by atoms with Gasteiger partial charge in [-0.15, -0.1) is 0 Å². The number of esters is 2. The molecule has 0 aromatic heterocycles. The van der Waals surface area contributed by atoms with Crippen molar-refractivity contribution in [3.05, 3.63) is 47.6 Å². The molecule has 0 bridgehead atoms. The minimum absolute atomic E-state index is 0.296. The lowest BCUT2D eigenvalue weighted by atomic mass is 9.61. The van der Waals surface area contributed by atoms with Crippen LogP contribution in [0.25, 0.3) is 0 Å². The number of carbonyl (C=O) groups excluding carboxylic acids is 2. The van der Waals surface area contributed by atoms with E-state index in [0.29, 0.717) is 47.8 Å². The Morgan fingerprint density at radius 2 is 1.72 bits per heavy atom. The molecule has 0 N–H and O–H groups in total. The first-order valence-electron chi connectivity index (χ1n) is 14.0. The zero-order valence-electron chi connectivity index (χ0n) is 23.6. The molecule has 0 unspecified atom stereocenters. The molecule has 0 spiro atoms. The van der Waals surface area contributed by atoms with Crippen molar-refractivity contribution in [3.63, 3.8) is 0 Å². The van der Waals surface area contributed by atoms with Gasteiger partial charge in [0.05, 0.1) is 0 Å². The number of allylic oxidation sites excluding steroid dienone is 5. The molecule has 3 rings (SSSR count). The molecular formula is C32H48O4. The summed E-state index contributed by atoms with van der Waals surface area (Å²) in [4.78, 5) is 23.3. The second kappa shape index (κ2) is 12.0. The van der Waals surface area contributed by atoms with Crippen molar-refractivity contribution in [2.24, 2.45) is 35.0 Å². The van der Waals surface area contributed by atoms with Crippen LogP contribution in [0.4, 0.5) is 0 Å². The molecule has 4 nitrogen and oxygen atoms in total. The van der Waals surface area contributed by atoms with Gasteiger partial charge in [0, 0.05) is 26.7 Å². The summed E-state index contributed by atoms with van der Waals surface area (Å²) < 4.78 is 11.0. The van der Waals surface area contributed by atoms with Gasteiger partial charge in [0.25, 0.3) is 0 Å². The maximum Gasteiger partial charge on any atom is 0.303 e. The van der Waals surface area contributed by atoms with E-state index in [0.717, 1.165) is 17.6 Å². The normalized spacial score (nSPS) is 34.7. The largest absolute Gasteiger partial charge is 0.462 e. The smallest absolute Gasteiger partial charge is 0.303 e. The van der Waals surface area contributed by atoms with Crippen LogP contribution in [0.1, 0.15) is 93.4 Å². The quantitative estimate of drug-likeness (QED) is 0.267. The monoisotopic (exact) mass is 496 g/mol. The molecule has 0 aromatic carbocycles. The summed E-state index contributed by atoms with van der Waals surface area (Å²) in [6.07, 6.45) is 15.9. The number of hydrogen-bond acceptors (Lipinski definition) is 4. The Morgan fingerprint density at radius 3 is 2.36 bits per heavy atom. The summed E-state index contributed by atoms with van der Waals surface area (Å²) in [6.45, 7) is 18.9. The van der Waals surface area contributed by atoms with Crippen molar-refractivity contribution in [3.8, 4) is 0 Å². The maximum absolute atomic E-state index is 11.7. The second-order valence-electron chi connectivity index (χ2n) is 12.2. The molecule has 3 saturated carbocycles. The van der Waals surface area contributed by atoms with Gasteiger partial charge in [-0.2, -0.15) is 0 Å². The van der Waals surface area contributed by atoms with E-state index >= 15 is 0 Å². The van der Waals surface area contributed by atoms with Crippen LogP contribution in [0.3, 0.4) is 0 Å². The highest BCUT2D eigenvalue weighted by Crippen LogP contribution is 2.59. The highest BCUT2D eigenvalue weighted by atomic mass is 16.6. The van der Waals surface area contributed by atoms with Gasteiger partial charge in [0.1, 0.15) is 12.2 Å². The summed E-state index contributed by atoms with van der Waals surface area (Å²) >= 11 is 0. The van der Waals surface area contributed by atoms with Crippen molar-refractivity contribution in [1.82, 2.24) is 0 Å². The van der Waals surface area contributed by atoms with E-state index in [-0.39, 0.29) is 18.0 Å². The number of ether oxygens (including phenoxy) is 2. The van der Waals surface area contributed by atoms with Crippen LogP contribution >= 0.6 is 0 Å². The molecule has 3 aliphatic rings. The molecule has 7 atom stereocenters. The van der Waals surface area contributed by atoms with Gasteiger partial charge < -0.3 is 9.47 Å². The average molecular weight is 497 g/mol. The maximum atomic E-state index is 11.7. The predicted octanol–water partition coefficient (Wildman–Crippen LogP) is 7.75. The molecule has 36 heavy (non-hydrogen) atoms. The summed E-state index contributed by atoms with van der Waals surface area (Å²) in [5, 5.41) is 0. The van der Waals surface area contributed by atoms with Gasteiger partial charge in [-0.3, -0.25) is 9.59 Å². The standard InChI is InChI=1S/C32H48O4/c1-20(2)21(3)11-12-22(4)29-15-16-30-26(10-9-17-32(29,30)8)13-14-27-18-28(35-24(6)33)19-31(23(27)5)36-25(7)34/h11-14,20-22,28-31H,5,9-10,15-19H2,1-4,6-8H3/b12-11+,26-13+,27-14-/t21-,22+,28-,29+,30-,31-,32+/m0/s1. The van der Waals surface area contributed by atoms with Crippen LogP contribution in [-0.2, 0) is 19.1 Å². The van der Waals surface area contributed by atoms with Crippen LogP contribution in [0, 0.1) is 35.0 Å². The third kappa shape index (κ3) is 6.61. The Balaban J connectivity index is 1.80. The van der Waals surface area contributed by atoms with E-state index in [2.05, 4.69) is 65.5 Å². The van der Waals surface area contributed by atoms with Crippen LogP contribution in [-0.4, -0.2) is 24.1 Å². The Bertz CT molecular complexity index is 922. The van der Waals surface area contributed by atoms with Gasteiger partial charge in [-0.1, -0.05) is 71.1 Å². The molecule has 0 amide bonds. The van der Waals surface area contributed by atoms with E-state index in [4.69, 9.17) is 9.47 Å². The van der Waals surface area contributed by atoms with Gasteiger partial charge >= 0.3 is 11.9 Å². The highest BCUT2D eigenvalue weighted by molar-refractivity contribution is 5.67. The Morgan fingerprint density at radius 1 is 1.03 bits per heavy atom. The molecule has 3 fully saturated rings. The topological polar surface area (TPSA) is 52.6 Å². The molecule has 0 aliphatic heterocycles. The molecule has 4 heteroatoms. The van der Waals surface area contributed by atoms with Crippen molar-refractivity contribution in [2.75, 3.05) is 0 Å². The van der Waals surface area contributed by atoms with Crippen LogP contribution in [0.5, 0.6) is 0 Å². The lowest BCUT2D eigenvalue weighted by Crippen LogP contribution is -2.35. The van der Waals surface area contributed by atoms with Gasteiger partial charge in [0.15, 0.2) is 0 Å². The summed E-state index contributed by atoms with van der Waals surface area (Å²) in [6, 6.07) is 0. The molecule has 0 heterocycles. The fourth-order valence-corrected chi connectivity index (χ4v) is 6.92. The van der Waals surface area contributed by atoms with Crippen molar-refractivity contribution in [2.45, 2.75) is 106 Å². The number of fused-ring (bicyclic) bond motifs is 1. The third-order valence-electron chi connectivity index (χ3n) is 9.31. The molecule has 200 valence electrons. The highest BCUT2D eigenvalue weighted by Gasteiger charge is 2.50. The molecule has 0 aromatic rings. The number of hydrogen-bond donors (Lipinski definition) is 0. The van der Waals surface area contributed by atoms with E-state index in [1.807, 2.05) is 0 Å². The minimum atomic E-state index is -0.446. The summed E-state index contributed by atoms with van der Waals surface area (Å²) in [7, 11) is 0. The van der Waals surface area contributed by atoms with Crippen LogP contribution < -0.4 is 0 Å².